The van der Waals surface area contributed by atoms with Crippen molar-refractivity contribution < 1.29 is 4.39 Å². The largest absolute Gasteiger partial charge is 0.290 e. The van der Waals surface area contributed by atoms with Crippen LogP contribution in [0.2, 0.25) is 10.0 Å². The predicted molar refractivity (Wildman–Crippen MR) is 100 cm³/mol. The number of hydrogen-bond donors (Lipinski definition) is 0. The summed E-state index contributed by atoms with van der Waals surface area (Å²) in [4.78, 5) is 19.0. The van der Waals surface area contributed by atoms with Crippen LogP contribution in [-0.4, -0.2) is 20.3 Å². The molecule has 0 N–H and O–H groups in total. The van der Waals surface area contributed by atoms with Gasteiger partial charge in [0.05, 0.1) is 10.7 Å². The number of hydrogen-bond acceptors (Lipinski definition) is 3. The molecule has 0 atom stereocenters. The van der Waals surface area contributed by atoms with E-state index in [1.54, 1.807) is 30.5 Å². The maximum Gasteiger partial charge on any atom is 0.258 e. The summed E-state index contributed by atoms with van der Waals surface area (Å²) in [6, 6.07) is 9.97. The average molecular weight is 392 g/mol. The fraction of sp³-hybridized carbons (Fsp3) is 0.263. The van der Waals surface area contributed by atoms with Gasteiger partial charge in [-0.1, -0.05) is 29.3 Å². The van der Waals surface area contributed by atoms with Gasteiger partial charge in [0.1, 0.15) is 11.5 Å². The normalized spacial score (nSPS) is 14.3. The lowest BCUT2D eigenvalue weighted by molar-refractivity contribution is 0.239. The van der Waals surface area contributed by atoms with Gasteiger partial charge in [-0.3, -0.25) is 14.1 Å². The van der Waals surface area contributed by atoms with E-state index in [1.165, 1.54) is 16.5 Å². The fourth-order valence-corrected chi connectivity index (χ4v) is 3.44. The molecule has 1 fully saturated rings. The summed E-state index contributed by atoms with van der Waals surface area (Å²) in [5.74, 6) is -0.315. The van der Waals surface area contributed by atoms with Crippen molar-refractivity contribution in [3.8, 4) is 0 Å². The van der Waals surface area contributed by atoms with Crippen molar-refractivity contribution >= 4 is 28.8 Å². The van der Waals surface area contributed by atoms with Crippen molar-refractivity contribution in [2.24, 2.45) is 0 Å². The van der Waals surface area contributed by atoms with Gasteiger partial charge < -0.3 is 0 Å². The van der Waals surface area contributed by atoms with Gasteiger partial charge in [-0.25, -0.2) is 9.37 Å². The molecule has 0 aliphatic heterocycles. The SMILES string of the molecule is O=c1cc(CN(Cc2c(F)cccc2Cl)C2CC2)nc2ccc(Cl)cn12. The minimum Gasteiger partial charge on any atom is -0.290 e. The van der Waals surface area contributed by atoms with Crippen LogP contribution >= 0.6 is 23.2 Å². The Morgan fingerprint density at radius 1 is 1.19 bits per heavy atom. The van der Waals surface area contributed by atoms with E-state index >= 15 is 0 Å². The number of nitrogens with zero attached hydrogens (tertiary/aromatic N) is 3. The molecule has 1 aliphatic carbocycles. The first-order chi connectivity index (χ1) is 12.5. The summed E-state index contributed by atoms with van der Waals surface area (Å²) in [7, 11) is 0. The van der Waals surface area contributed by atoms with Crippen LogP contribution in [-0.2, 0) is 13.1 Å². The van der Waals surface area contributed by atoms with Gasteiger partial charge in [0, 0.05) is 42.0 Å². The zero-order chi connectivity index (χ0) is 18.3. The summed E-state index contributed by atoms with van der Waals surface area (Å²) in [6.45, 7) is 0.849. The number of pyridine rings is 1. The summed E-state index contributed by atoms with van der Waals surface area (Å²) >= 11 is 12.1. The Labute approximate surface area is 159 Å². The van der Waals surface area contributed by atoms with E-state index in [0.717, 1.165) is 12.8 Å². The molecule has 26 heavy (non-hydrogen) atoms. The Balaban J connectivity index is 1.64. The lowest BCUT2D eigenvalue weighted by Crippen LogP contribution is -2.27. The number of rotatable bonds is 5. The zero-order valence-electron chi connectivity index (χ0n) is 13.8. The van der Waals surface area contributed by atoms with Crippen molar-refractivity contribution in [1.82, 2.24) is 14.3 Å². The van der Waals surface area contributed by atoms with Crippen molar-refractivity contribution in [1.29, 1.82) is 0 Å². The Hall–Kier alpha value is -1.95. The van der Waals surface area contributed by atoms with E-state index in [9.17, 15) is 9.18 Å². The molecule has 134 valence electrons. The maximum atomic E-state index is 14.2. The minimum absolute atomic E-state index is 0.188. The Morgan fingerprint density at radius 3 is 2.73 bits per heavy atom. The Morgan fingerprint density at radius 2 is 2.00 bits per heavy atom. The van der Waals surface area contributed by atoms with Gasteiger partial charge in [0.25, 0.3) is 5.56 Å². The van der Waals surface area contributed by atoms with Crippen molar-refractivity contribution in [3.63, 3.8) is 0 Å². The Kier molecular flexibility index (Phi) is 4.69. The maximum absolute atomic E-state index is 14.2. The number of aromatic nitrogens is 2. The van der Waals surface area contributed by atoms with E-state index in [0.29, 0.717) is 46.1 Å². The molecule has 7 heteroatoms. The van der Waals surface area contributed by atoms with E-state index in [1.807, 2.05) is 0 Å². The van der Waals surface area contributed by atoms with E-state index < -0.39 is 0 Å². The summed E-state index contributed by atoms with van der Waals surface area (Å²) in [5, 5.41) is 0.889. The molecular weight excluding hydrogens is 376 g/mol. The third-order valence-electron chi connectivity index (χ3n) is 4.53. The molecule has 2 heterocycles. The molecule has 1 saturated carbocycles. The lowest BCUT2D eigenvalue weighted by atomic mass is 10.2. The van der Waals surface area contributed by atoms with Crippen molar-refractivity contribution in [2.45, 2.75) is 32.0 Å². The van der Waals surface area contributed by atoms with Gasteiger partial charge >= 0.3 is 0 Å². The smallest absolute Gasteiger partial charge is 0.258 e. The quantitative estimate of drug-likeness (QED) is 0.650. The van der Waals surface area contributed by atoms with Gasteiger partial charge in [-0.05, 0) is 37.1 Å². The van der Waals surface area contributed by atoms with Crippen LogP contribution in [0.4, 0.5) is 4.39 Å². The molecule has 0 unspecified atom stereocenters. The zero-order valence-corrected chi connectivity index (χ0v) is 15.3. The van der Waals surface area contributed by atoms with Crippen LogP contribution < -0.4 is 5.56 Å². The summed E-state index contributed by atoms with van der Waals surface area (Å²) in [5.41, 5.74) is 1.48. The highest BCUT2D eigenvalue weighted by molar-refractivity contribution is 6.31. The summed E-state index contributed by atoms with van der Waals surface area (Å²) in [6.07, 6.45) is 3.65. The predicted octanol–water partition coefficient (Wildman–Crippen LogP) is 4.31. The van der Waals surface area contributed by atoms with Crippen LogP contribution in [0, 0.1) is 5.82 Å². The second-order valence-electron chi connectivity index (χ2n) is 6.50. The number of halogens is 3. The molecule has 0 saturated heterocycles. The molecule has 0 amide bonds. The molecule has 0 spiro atoms. The lowest BCUT2D eigenvalue weighted by Gasteiger charge is -2.22. The Bertz CT molecular complexity index is 1010. The molecule has 0 bridgehead atoms. The molecule has 1 aromatic carbocycles. The topological polar surface area (TPSA) is 37.6 Å². The molecule has 3 aromatic rings. The van der Waals surface area contributed by atoms with Crippen LogP contribution in [0.5, 0.6) is 0 Å². The van der Waals surface area contributed by atoms with Gasteiger partial charge in [-0.15, -0.1) is 0 Å². The van der Waals surface area contributed by atoms with Crippen molar-refractivity contribution in [3.05, 3.63) is 80.1 Å². The first kappa shape index (κ1) is 17.5. The minimum atomic E-state index is -0.315. The molecular formula is C19H16Cl2FN3O. The van der Waals surface area contributed by atoms with E-state index in [4.69, 9.17) is 23.2 Å². The van der Waals surface area contributed by atoms with Gasteiger partial charge in [-0.2, -0.15) is 0 Å². The fourth-order valence-electron chi connectivity index (χ4n) is 3.06. The second kappa shape index (κ2) is 6.99. The molecule has 0 radical (unpaired) electrons. The van der Waals surface area contributed by atoms with Gasteiger partial charge in [0.2, 0.25) is 0 Å². The highest BCUT2D eigenvalue weighted by atomic mass is 35.5. The monoisotopic (exact) mass is 391 g/mol. The van der Waals surface area contributed by atoms with Crippen LogP contribution in [0.1, 0.15) is 24.1 Å². The third kappa shape index (κ3) is 3.61. The van der Waals surface area contributed by atoms with E-state index in [-0.39, 0.29) is 11.4 Å². The van der Waals surface area contributed by atoms with Crippen LogP contribution in [0.25, 0.3) is 5.65 Å². The number of benzene rings is 1. The van der Waals surface area contributed by atoms with E-state index in [2.05, 4.69) is 9.88 Å². The highest BCUT2D eigenvalue weighted by Crippen LogP contribution is 2.31. The average Bonchev–Trinajstić information content (AvgIpc) is 3.43. The van der Waals surface area contributed by atoms with Crippen LogP contribution in [0.3, 0.4) is 0 Å². The van der Waals surface area contributed by atoms with Crippen molar-refractivity contribution in [2.75, 3.05) is 0 Å². The standard InChI is InChI=1S/C19H16Cl2FN3O/c20-12-4-7-18-23-13(8-19(26)25(18)9-12)10-24(14-5-6-14)11-15-16(21)2-1-3-17(15)22/h1-4,7-9,14H,5-6,10-11H2. The number of fused-ring (bicyclic) bond motifs is 1. The first-order valence-corrected chi connectivity index (χ1v) is 9.11. The third-order valence-corrected chi connectivity index (χ3v) is 5.11. The summed E-state index contributed by atoms with van der Waals surface area (Å²) < 4.78 is 15.6. The van der Waals surface area contributed by atoms with Crippen LogP contribution in [0.15, 0.2) is 47.4 Å². The molecule has 4 nitrogen and oxygen atoms in total. The molecule has 4 rings (SSSR count). The first-order valence-electron chi connectivity index (χ1n) is 8.36. The molecule has 2 aromatic heterocycles. The highest BCUT2D eigenvalue weighted by Gasteiger charge is 2.30. The molecule has 1 aliphatic rings. The second-order valence-corrected chi connectivity index (χ2v) is 7.34. The van der Waals surface area contributed by atoms with Gasteiger partial charge in [0.15, 0.2) is 0 Å².